The molecule has 2 rings (SSSR count). The maximum Gasteiger partial charge on any atom is 0.245 e. The van der Waals surface area contributed by atoms with Crippen LogP contribution in [0.15, 0.2) is 0 Å². The Balaban J connectivity index is 2.02. The second-order valence-corrected chi connectivity index (χ2v) is 6.98. The molecule has 120 valence electrons. The first-order chi connectivity index (χ1) is 10.0. The van der Waals surface area contributed by atoms with Gasteiger partial charge in [-0.25, -0.2) is 0 Å². The normalized spacial score (nSPS) is 28.1. The van der Waals surface area contributed by atoms with Crippen molar-refractivity contribution >= 4 is 11.8 Å². The molecule has 1 N–H and O–H groups in total. The summed E-state index contributed by atoms with van der Waals surface area (Å²) in [6.45, 7) is 6.75. The van der Waals surface area contributed by atoms with Crippen LogP contribution in [0.25, 0.3) is 0 Å². The molecule has 1 heterocycles. The van der Waals surface area contributed by atoms with Crippen LogP contribution in [0.4, 0.5) is 0 Å². The molecule has 2 fully saturated rings. The average Bonchev–Trinajstić information content (AvgIpc) is 2.48. The molecule has 0 aromatic rings. The van der Waals surface area contributed by atoms with E-state index in [0.717, 1.165) is 18.9 Å². The van der Waals surface area contributed by atoms with Gasteiger partial charge in [0.25, 0.3) is 0 Å². The summed E-state index contributed by atoms with van der Waals surface area (Å²) in [6.07, 6.45) is 8.31. The van der Waals surface area contributed by atoms with Gasteiger partial charge in [-0.1, -0.05) is 52.9 Å². The van der Waals surface area contributed by atoms with Crippen molar-refractivity contribution in [2.45, 2.75) is 77.8 Å². The summed E-state index contributed by atoms with van der Waals surface area (Å²) in [5.41, 5.74) is 0. The Morgan fingerprint density at radius 1 is 1.19 bits per heavy atom. The third-order valence-corrected chi connectivity index (χ3v) is 5.04. The molecule has 2 aliphatic rings. The van der Waals surface area contributed by atoms with Gasteiger partial charge in [0, 0.05) is 6.54 Å². The molecule has 0 spiro atoms. The van der Waals surface area contributed by atoms with Crippen LogP contribution in [0.2, 0.25) is 0 Å². The van der Waals surface area contributed by atoms with E-state index in [1.807, 2.05) is 25.7 Å². The summed E-state index contributed by atoms with van der Waals surface area (Å²) in [5, 5.41) is 2.89. The molecule has 1 aliphatic carbocycles. The van der Waals surface area contributed by atoms with Crippen molar-refractivity contribution in [3.63, 3.8) is 0 Å². The third kappa shape index (κ3) is 3.78. The summed E-state index contributed by atoms with van der Waals surface area (Å²) in [7, 11) is 0. The van der Waals surface area contributed by atoms with Crippen LogP contribution >= 0.6 is 0 Å². The van der Waals surface area contributed by atoms with Crippen LogP contribution < -0.4 is 5.32 Å². The fourth-order valence-corrected chi connectivity index (χ4v) is 3.78. The van der Waals surface area contributed by atoms with E-state index in [1.165, 1.54) is 32.1 Å². The van der Waals surface area contributed by atoms with Crippen molar-refractivity contribution < 1.29 is 9.59 Å². The molecule has 0 aromatic carbocycles. The molecular formula is C17H30N2O2. The first-order valence-corrected chi connectivity index (χ1v) is 8.65. The zero-order valence-corrected chi connectivity index (χ0v) is 13.7. The Labute approximate surface area is 128 Å². The molecule has 0 radical (unpaired) electrons. The van der Waals surface area contributed by atoms with E-state index in [2.05, 4.69) is 5.32 Å². The molecule has 1 saturated carbocycles. The monoisotopic (exact) mass is 294 g/mol. The lowest BCUT2D eigenvalue weighted by Crippen LogP contribution is -2.64. The Morgan fingerprint density at radius 2 is 1.86 bits per heavy atom. The van der Waals surface area contributed by atoms with Gasteiger partial charge in [-0.15, -0.1) is 0 Å². The van der Waals surface area contributed by atoms with Crippen molar-refractivity contribution in [2.24, 2.45) is 11.8 Å². The number of nitrogens with zero attached hydrogens (tertiary/aromatic N) is 1. The van der Waals surface area contributed by atoms with E-state index in [0.29, 0.717) is 6.42 Å². The Bertz CT molecular complexity index is 375. The predicted octanol–water partition coefficient (Wildman–Crippen LogP) is 2.72. The highest BCUT2D eigenvalue weighted by atomic mass is 16.2. The third-order valence-electron chi connectivity index (χ3n) is 5.04. The number of carbonyl (C=O) groups excluding carboxylic acids is 2. The second-order valence-electron chi connectivity index (χ2n) is 6.98. The van der Waals surface area contributed by atoms with Gasteiger partial charge in [-0.2, -0.15) is 0 Å². The molecule has 0 aromatic heterocycles. The first kappa shape index (κ1) is 16.3. The maximum absolute atomic E-state index is 12.6. The summed E-state index contributed by atoms with van der Waals surface area (Å²) in [5.74, 6) is 1.05. The van der Waals surface area contributed by atoms with Gasteiger partial charge in [0.1, 0.15) is 12.1 Å². The molecule has 1 aliphatic heterocycles. The van der Waals surface area contributed by atoms with Crippen LogP contribution in [-0.2, 0) is 9.59 Å². The largest absolute Gasteiger partial charge is 0.343 e. The highest BCUT2D eigenvalue weighted by Crippen LogP contribution is 2.28. The molecule has 2 atom stereocenters. The van der Waals surface area contributed by atoms with Gasteiger partial charge in [0.15, 0.2) is 0 Å². The van der Waals surface area contributed by atoms with E-state index in [1.54, 1.807) is 0 Å². The number of amides is 2. The predicted molar refractivity (Wildman–Crippen MR) is 83.8 cm³/mol. The van der Waals surface area contributed by atoms with Crippen molar-refractivity contribution in [1.29, 1.82) is 0 Å². The van der Waals surface area contributed by atoms with Crippen molar-refractivity contribution in [3.05, 3.63) is 0 Å². The minimum Gasteiger partial charge on any atom is -0.343 e. The highest BCUT2D eigenvalue weighted by molar-refractivity contribution is 5.97. The highest BCUT2D eigenvalue weighted by Gasteiger charge is 2.41. The quantitative estimate of drug-likeness (QED) is 0.847. The van der Waals surface area contributed by atoms with E-state index in [9.17, 15) is 9.59 Å². The number of hydrogen-bond donors (Lipinski definition) is 1. The van der Waals surface area contributed by atoms with Gasteiger partial charge >= 0.3 is 0 Å². The first-order valence-electron chi connectivity index (χ1n) is 8.65. The summed E-state index contributed by atoms with van der Waals surface area (Å²) in [4.78, 5) is 26.8. The summed E-state index contributed by atoms with van der Waals surface area (Å²) >= 11 is 0. The van der Waals surface area contributed by atoms with Gasteiger partial charge < -0.3 is 10.2 Å². The maximum atomic E-state index is 12.6. The number of hydrogen-bond acceptors (Lipinski definition) is 2. The van der Waals surface area contributed by atoms with Crippen LogP contribution in [0.5, 0.6) is 0 Å². The molecule has 21 heavy (non-hydrogen) atoms. The summed E-state index contributed by atoms with van der Waals surface area (Å²) < 4.78 is 0. The summed E-state index contributed by atoms with van der Waals surface area (Å²) in [6, 6.07) is -0.609. The van der Waals surface area contributed by atoms with Crippen LogP contribution in [-0.4, -0.2) is 35.3 Å². The molecular weight excluding hydrogens is 264 g/mol. The molecule has 4 heteroatoms. The average molecular weight is 294 g/mol. The fraction of sp³-hybridized carbons (Fsp3) is 0.882. The number of rotatable bonds is 5. The van der Waals surface area contributed by atoms with Gasteiger partial charge in [-0.3, -0.25) is 9.59 Å². The van der Waals surface area contributed by atoms with Gasteiger partial charge in [-0.05, 0) is 24.7 Å². The molecule has 1 saturated heterocycles. The van der Waals surface area contributed by atoms with Crippen LogP contribution in [0.3, 0.4) is 0 Å². The van der Waals surface area contributed by atoms with Gasteiger partial charge in [0.2, 0.25) is 11.8 Å². The van der Waals surface area contributed by atoms with Gasteiger partial charge in [0.05, 0.1) is 0 Å². The Hall–Kier alpha value is -1.06. The lowest BCUT2D eigenvalue weighted by Gasteiger charge is -2.41. The number of carbonyl (C=O) groups is 2. The zero-order chi connectivity index (χ0) is 15.4. The molecule has 0 bridgehead atoms. The fourth-order valence-electron chi connectivity index (χ4n) is 3.78. The van der Waals surface area contributed by atoms with Crippen molar-refractivity contribution in [2.75, 3.05) is 6.54 Å². The van der Waals surface area contributed by atoms with E-state index < -0.39 is 0 Å². The number of nitrogens with one attached hydrogen (secondary N) is 1. The molecule has 2 amide bonds. The number of piperazine rings is 1. The molecule has 4 nitrogen and oxygen atoms in total. The lowest BCUT2D eigenvalue weighted by molar-refractivity contribution is -0.151. The van der Waals surface area contributed by atoms with E-state index in [4.69, 9.17) is 0 Å². The minimum absolute atomic E-state index is 0.0279. The Kier molecular flexibility index (Phi) is 5.65. The van der Waals surface area contributed by atoms with Crippen LogP contribution in [0, 0.1) is 11.8 Å². The van der Waals surface area contributed by atoms with Crippen molar-refractivity contribution in [3.8, 4) is 0 Å². The zero-order valence-electron chi connectivity index (χ0n) is 13.7. The topological polar surface area (TPSA) is 49.4 Å². The van der Waals surface area contributed by atoms with Crippen molar-refractivity contribution in [1.82, 2.24) is 10.2 Å². The smallest absolute Gasteiger partial charge is 0.245 e. The SMILES string of the molecule is CCC1NC(=O)C(C(C)C)N(CCC2CCCCC2)C1=O. The van der Waals surface area contributed by atoms with E-state index >= 15 is 0 Å². The van der Waals surface area contributed by atoms with E-state index in [-0.39, 0.29) is 29.8 Å². The minimum atomic E-state index is -0.321. The lowest BCUT2D eigenvalue weighted by atomic mass is 9.86. The van der Waals surface area contributed by atoms with Crippen LogP contribution in [0.1, 0.15) is 65.7 Å². The Morgan fingerprint density at radius 3 is 2.43 bits per heavy atom. The second kappa shape index (κ2) is 7.28. The standard InChI is InChI=1S/C17H30N2O2/c1-4-14-17(21)19(15(12(2)3)16(20)18-14)11-10-13-8-6-5-7-9-13/h12-15H,4-11H2,1-3H3,(H,18,20). The molecule has 2 unspecified atom stereocenters.